The zero-order valence-corrected chi connectivity index (χ0v) is 11.8. The van der Waals surface area contributed by atoms with Crippen LogP contribution in [0.3, 0.4) is 0 Å². The van der Waals surface area contributed by atoms with E-state index in [1.165, 1.54) is 32.1 Å². The lowest BCUT2D eigenvalue weighted by atomic mass is 10.0. The van der Waals surface area contributed by atoms with E-state index in [1.807, 2.05) is 6.07 Å². The highest BCUT2D eigenvalue weighted by molar-refractivity contribution is 9.10. The van der Waals surface area contributed by atoms with Gasteiger partial charge in [0.05, 0.1) is 5.69 Å². The molecule has 1 aromatic rings. The molecule has 1 saturated carbocycles. The fourth-order valence-corrected chi connectivity index (χ4v) is 2.75. The van der Waals surface area contributed by atoms with Gasteiger partial charge < -0.3 is 11.1 Å². The van der Waals surface area contributed by atoms with E-state index in [-0.39, 0.29) is 0 Å². The second kappa shape index (κ2) is 5.71. The zero-order chi connectivity index (χ0) is 12.3. The summed E-state index contributed by atoms with van der Waals surface area (Å²) in [4.78, 5) is 4.34. The summed E-state index contributed by atoms with van der Waals surface area (Å²) in [7, 11) is 0. The first-order valence-corrected chi connectivity index (χ1v) is 7.12. The van der Waals surface area contributed by atoms with Crippen LogP contribution in [0.2, 0.25) is 0 Å². The Labute approximate surface area is 111 Å². The molecule has 1 aliphatic rings. The molecule has 0 amide bonds. The predicted molar refractivity (Wildman–Crippen MR) is 76.0 cm³/mol. The molecule has 17 heavy (non-hydrogen) atoms. The van der Waals surface area contributed by atoms with E-state index in [0.29, 0.717) is 6.04 Å². The Hall–Kier alpha value is -0.770. The van der Waals surface area contributed by atoms with Gasteiger partial charge in [-0.1, -0.05) is 19.8 Å². The van der Waals surface area contributed by atoms with Crippen molar-refractivity contribution in [3.63, 3.8) is 0 Å². The fraction of sp³-hybridized carbons (Fsp3) is 0.615. The van der Waals surface area contributed by atoms with Crippen LogP contribution in [-0.4, -0.2) is 11.0 Å². The fourth-order valence-electron chi connectivity index (χ4n) is 2.40. The third-order valence-electron chi connectivity index (χ3n) is 3.48. The van der Waals surface area contributed by atoms with E-state index in [9.17, 15) is 0 Å². The second-order valence-corrected chi connectivity index (χ2v) is 5.96. The number of nitrogens with zero attached hydrogens (tertiary/aromatic N) is 1. The molecule has 0 spiro atoms. The summed E-state index contributed by atoms with van der Waals surface area (Å²) in [5, 5.41) is 3.48. The van der Waals surface area contributed by atoms with E-state index in [2.05, 4.69) is 33.2 Å². The second-order valence-electron chi connectivity index (χ2n) is 5.05. The van der Waals surface area contributed by atoms with Gasteiger partial charge in [-0.3, -0.25) is 0 Å². The van der Waals surface area contributed by atoms with Crippen molar-refractivity contribution in [2.45, 2.75) is 45.1 Å². The summed E-state index contributed by atoms with van der Waals surface area (Å²) >= 11 is 3.37. The normalized spacial score (nSPS) is 25.3. The lowest BCUT2D eigenvalue weighted by Gasteiger charge is -2.18. The van der Waals surface area contributed by atoms with Crippen LogP contribution in [-0.2, 0) is 0 Å². The molecular formula is C13H20BrN3. The van der Waals surface area contributed by atoms with Crippen molar-refractivity contribution in [1.82, 2.24) is 4.98 Å². The van der Waals surface area contributed by atoms with Crippen LogP contribution in [0, 0.1) is 5.92 Å². The van der Waals surface area contributed by atoms with Crippen LogP contribution < -0.4 is 11.1 Å². The van der Waals surface area contributed by atoms with Crippen LogP contribution in [0.5, 0.6) is 0 Å². The van der Waals surface area contributed by atoms with Crippen LogP contribution in [0.25, 0.3) is 0 Å². The average molecular weight is 298 g/mol. The van der Waals surface area contributed by atoms with E-state index < -0.39 is 0 Å². The Balaban J connectivity index is 2.00. The number of hydrogen-bond acceptors (Lipinski definition) is 3. The van der Waals surface area contributed by atoms with Crippen molar-refractivity contribution >= 4 is 27.4 Å². The third kappa shape index (κ3) is 3.60. The maximum absolute atomic E-state index is 5.95. The molecule has 2 atom stereocenters. The molecule has 0 aromatic carbocycles. The van der Waals surface area contributed by atoms with Gasteiger partial charge in [0.15, 0.2) is 0 Å². The SMILES string of the molecule is CC1CCCC(Nc2ncc(Br)cc2N)CC1. The van der Waals surface area contributed by atoms with Crippen molar-refractivity contribution in [3.8, 4) is 0 Å². The van der Waals surface area contributed by atoms with Crippen LogP contribution in [0.15, 0.2) is 16.7 Å². The smallest absolute Gasteiger partial charge is 0.149 e. The Morgan fingerprint density at radius 1 is 1.35 bits per heavy atom. The molecule has 3 nitrogen and oxygen atoms in total. The third-order valence-corrected chi connectivity index (χ3v) is 3.92. The summed E-state index contributed by atoms with van der Waals surface area (Å²) in [6.45, 7) is 2.34. The minimum atomic E-state index is 0.524. The van der Waals surface area contributed by atoms with Crippen molar-refractivity contribution in [1.29, 1.82) is 0 Å². The maximum atomic E-state index is 5.95. The number of nitrogens with two attached hydrogens (primary N) is 1. The molecule has 2 unspecified atom stereocenters. The minimum Gasteiger partial charge on any atom is -0.396 e. The molecule has 94 valence electrons. The number of pyridine rings is 1. The van der Waals surface area contributed by atoms with Crippen molar-refractivity contribution in [2.75, 3.05) is 11.1 Å². The van der Waals surface area contributed by atoms with E-state index in [0.717, 1.165) is 21.9 Å². The van der Waals surface area contributed by atoms with Gasteiger partial charge in [0.2, 0.25) is 0 Å². The Bertz CT molecular complexity index is 381. The van der Waals surface area contributed by atoms with Gasteiger partial charge in [-0.25, -0.2) is 4.98 Å². The quantitative estimate of drug-likeness (QED) is 0.816. The molecule has 0 aliphatic heterocycles. The van der Waals surface area contributed by atoms with Crippen molar-refractivity contribution in [3.05, 3.63) is 16.7 Å². The Morgan fingerprint density at radius 3 is 2.94 bits per heavy atom. The molecule has 0 saturated heterocycles. The van der Waals surface area contributed by atoms with E-state index in [1.54, 1.807) is 6.20 Å². The lowest BCUT2D eigenvalue weighted by Crippen LogP contribution is -2.20. The van der Waals surface area contributed by atoms with Crippen LogP contribution in [0.4, 0.5) is 11.5 Å². The summed E-state index contributed by atoms with van der Waals surface area (Å²) in [6.07, 6.45) is 8.18. The minimum absolute atomic E-state index is 0.524. The largest absolute Gasteiger partial charge is 0.396 e. The summed E-state index contributed by atoms with van der Waals surface area (Å²) in [6, 6.07) is 2.42. The Morgan fingerprint density at radius 2 is 2.18 bits per heavy atom. The lowest BCUT2D eigenvalue weighted by molar-refractivity contribution is 0.502. The average Bonchev–Trinajstić information content (AvgIpc) is 2.48. The number of anilines is 2. The molecule has 2 rings (SSSR count). The highest BCUT2D eigenvalue weighted by atomic mass is 79.9. The number of rotatable bonds is 2. The zero-order valence-electron chi connectivity index (χ0n) is 10.2. The molecule has 0 bridgehead atoms. The first kappa shape index (κ1) is 12.7. The van der Waals surface area contributed by atoms with E-state index >= 15 is 0 Å². The number of hydrogen-bond donors (Lipinski definition) is 2. The molecule has 1 heterocycles. The number of halogens is 1. The van der Waals surface area contributed by atoms with Gasteiger partial charge in [-0.05, 0) is 47.2 Å². The maximum Gasteiger partial charge on any atom is 0.149 e. The van der Waals surface area contributed by atoms with Gasteiger partial charge in [-0.2, -0.15) is 0 Å². The van der Waals surface area contributed by atoms with Crippen LogP contribution >= 0.6 is 15.9 Å². The van der Waals surface area contributed by atoms with E-state index in [4.69, 9.17) is 5.73 Å². The first-order valence-electron chi connectivity index (χ1n) is 6.32. The van der Waals surface area contributed by atoms with Crippen molar-refractivity contribution in [2.24, 2.45) is 5.92 Å². The molecule has 3 N–H and O–H groups in total. The highest BCUT2D eigenvalue weighted by Gasteiger charge is 2.17. The highest BCUT2D eigenvalue weighted by Crippen LogP contribution is 2.27. The first-order chi connectivity index (χ1) is 8.15. The number of nitrogen functional groups attached to an aromatic ring is 1. The van der Waals surface area contributed by atoms with Crippen LogP contribution in [0.1, 0.15) is 39.0 Å². The van der Waals surface area contributed by atoms with Crippen molar-refractivity contribution < 1.29 is 0 Å². The standard InChI is InChI=1S/C13H20BrN3/c1-9-3-2-4-11(6-5-9)17-13-12(15)7-10(14)8-16-13/h7-9,11H,2-6,15H2,1H3,(H,16,17). The number of aromatic nitrogens is 1. The summed E-state index contributed by atoms with van der Waals surface area (Å²) < 4.78 is 0.926. The van der Waals surface area contributed by atoms with Gasteiger partial charge >= 0.3 is 0 Å². The molecule has 1 fully saturated rings. The van der Waals surface area contributed by atoms with Gasteiger partial charge in [0.25, 0.3) is 0 Å². The van der Waals surface area contributed by atoms with Gasteiger partial charge in [0.1, 0.15) is 5.82 Å². The molecule has 1 aromatic heterocycles. The summed E-state index contributed by atoms with van der Waals surface area (Å²) in [5.41, 5.74) is 6.67. The number of nitrogens with one attached hydrogen (secondary N) is 1. The Kier molecular flexibility index (Phi) is 4.26. The topological polar surface area (TPSA) is 50.9 Å². The molecular weight excluding hydrogens is 278 g/mol. The predicted octanol–water partition coefficient (Wildman–Crippen LogP) is 3.81. The van der Waals surface area contributed by atoms with Gasteiger partial charge in [0, 0.05) is 16.7 Å². The summed E-state index contributed by atoms with van der Waals surface area (Å²) in [5.74, 6) is 1.68. The molecule has 1 aliphatic carbocycles. The molecule has 0 radical (unpaired) electrons. The monoisotopic (exact) mass is 297 g/mol. The van der Waals surface area contributed by atoms with Gasteiger partial charge in [-0.15, -0.1) is 0 Å². The molecule has 4 heteroatoms.